The summed E-state index contributed by atoms with van der Waals surface area (Å²) in [6.07, 6.45) is 1.80. The Labute approximate surface area is 155 Å². The van der Waals surface area contributed by atoms with E-state index >= 15 is 0 Å². The van der Waals surface area contributed by atoms with E-state index in [-0.39, 0.29) is 6.09 Å². The predicted octanol–water partition coefficient (Wildman–Crippen LogP) is 5.27. The number of likely N-dealkylation sites (tertiary alicyclic amines) is 1. The lowest BCUT2D eigenvalue weighted by Crippen LogP contribution is -2.42. The molecule has 0 spiro atoms. The van der Waals surface area contributed by atoms with Crippen molar-refractivity contribution >= 4 is 43.6 Å². The minimum absolute atomic E-state index is 0.196. The van der Waals surface area contributed by atoms with Gasteiger partial charge < -0.3 is 15.0 Å². The predicted molar refractivity (Wildman–Crippen MR) is 101 cm³/mol. The largest absolute Gasteiger partial charge is 0.444 e. The van der Waals surface area contributed by atoms with Crippen molar-refractivity contribution in [3.8, 4) is 0 Å². The molecule has 0 atom stereocenters. The maximum atomic E-state index is 12.1. The van der Waals surface area contributed by atoms with Crippen LogP contribution >= 0.6 is 31.9 Å². The van der Waals surface area contributed by atoms with Gasteiger partial charge >= 0.3 is 6.09 Å². The Morgan fingerprint density at radius 1 is 1.30 bits per heavy atom. The number of anilines is 1. The average Bonchev–Trinajstić information content (AvgIpc) is 2.47. The highest BCUT2D eigenvalue weighted by molar-refractivity contribution is 9.11. The second-order valence-corrected chi connectivity index (χ2v) is 8.69. The first kappa shape index (κ1) is 18.6. The van der Waals surface area contributed by atoms with E-state index in [4.69, 9.17) is 4.74 Å². The summed E-state index contributed by atoms with van der Waals surface area (Å²) >= 11 is 7.05. The van der Waals surface area contributed by atoms with Gasteiger partial charge in [-0.05, 0) is 73.7 Å². The van der Waals surface area contributed by atoms with Crippen molar-refractivity contribution < 1.29 is 9.53 Å². The number of ether oxygens (including phenoxy) is 1. The van der Waals surface area contributed by atoms with E-state index in [1.807, 2.05) is 37.8 Å². The van der Waals surface area contributed by atoms with Gasteiger partial charge in [0, 0.05) is 34.3 Å². The van der Waals surface area contributed by atoms with Gasteiger partial charge in [0.05, 0.1) is 0 Å². The molecule has 1 amide bonds. The molecule has 1 saturated heterocycles. The van der Waals surface area contributed by atoms with Crippen molar-refractivity contribution in [3.05, 3.63) is 27.1 Å². The van der Waals surface area contributed by atoms with E-state index in [2.05, 4.69) is 43.2 Å². The second-order valence-electron chi connectivity index (χ2n) is 6.92. The van der Waals surface area contributed by atoms with Gasteiger partial charge in [0.15, 0.2) is 0 Å². The zero-order chi connectivity index (χ0) is 17.0. The monoisotopic (exact) mass is 446 g/mol. The summed E-state index contributed by atoms with van der Waals surface area (Å²) in [5, 5.41) is 3.49. The first-order valence-corrected chi connectivity index (χ1v) is 9.50. The quantitative estimate of drug-likeness (QED) is 0.685. The number of nitrogens with zero attached hydrogens (tertiary/aromatic N) is 1. The lowest BCUT2D eigenvalue weighted by atomic mass is 9.97. The number of amides is 1. The number of nitrogens with one attached hydrogen (secondary N) is 1. The van der Waals surface area contributed by atoms with Gasteiger partial charge in [-0.2, -0.15) is 0 Å². The van der Waals surface area contributed by atoms with E-state index < -0.39 is 5.60 Å². The molecule has 6 heteroatoms. The Bertz CT molecular complexity index is 550. The molecule has 2 rings (SSSR count). The maximum absolute atomic E-state index is 12.1. The summed E-state index contributed by atoms with van der Waals surface area (Å²) in [6.45, 7) is 8.14. The van der Waals surface area contributed by atoms with Crippen LogP contribution in [0.15, 0.2) is 27.1 Å². The molecule has 0 unspecified atom stereocenters. The second kappa shape index (κ2) is 7.88. The Morgan fingerprint density at radius 2 is 1.96 bits per heavy atom. The number of hydrogen-bond acceptors (Lipinski definition) is 3. The van der Waals surface area contributed by atoms with Crippen molar-refractivity contribution in [2.45, 2.75) is 39.2 Å². The first-order valence-electron chi connectivity index (χ1n) is 7.91. The Kier molecular flexibility index (Phi) is 6.37. The number of piperidine rings is 1. The van der Waals surface area contributed by atoms with Crippen molar-refractivity contribution in [1.82, 2.24) is 4.90 Å². The summed E-state index contributed by atoms with van der Waals surface area (Å²) < 4.78 is 7.55. The van der Waals surface area contributed by atoms with Crippen LogP contribution in [0.5, 0.6) is 0 Å². The van der Waals surface area contributed by atoms with Crippen LogP contribution in [0, 0.1) is 5.92 Å². The van der Waals surface area contributed by atoms with Gasteiger partial charge in [-0.25, -0.2) is 4.79 Å². The number of hydrogen-bond donors (Lipinski definition) is 1. The van der Waals surface area contributed by atoms with Gasteiger partial charge in [-0.3, -0.25) is 0 Å². The smallest absolute Gasteiger partial charge is 0.410 e. The maximum Gasteiger partial charge on any atom is 0.410 e. The molecule has 1 aromatic rings. The fourth-order valence-electron chi connectivity index (χ4n) is 2.53. The zero-order valence-electron chi connectivity index (χ0n) is 13.9. The molecular weight excluding hydrogens is 424 g/mol. The summed E-state index contributed by atoms with van der Waals surface area (Å²) in [4.78, 5) is 13.9. The number of halogens is 2. The van der Waals surface area contributed by atoms with Crippen LogP contribution in [0.3, 0.4) is 0 Å². The highest BCUT2D eigenvalue weighted by Gasteiger charge is 2.26. The Hall–Kier alpha value is -0.750. The fourth-order valence-corrected chi connectivity index (χ4v) is 3.28. The third-order valence-electron chi connectivity index (χ3n) is 3.78. The zero-order valence-corrected chi connectivity index (χ0v) is 17.0. The van der Waals surface area contributed by atoms with Crippen LogP contribution in [0.25, 0.3) is 0 Å². The van der Waals surface area contributed by atoms with Crippen LogP contribution in [0.4, 0.5) is 10.5 Å². The molecule has 4 nitrogen and oxygen atoms in total. The van der Waals surface area contributed by atoms with Crippen molar-refractivity contribution in [3.63, 3.8) is 0 Å². The first-order chi connectivity index (χ1) is 10.7. The molecule has 1 aliphatic rings. The topological polar surface area (TPSA) is 41.6 Å². The third kappa shape index (κ3) is 5.99. The van der Waals surface area contributed by atoms with Crippen LogP contribution in [-0.2, 0) is 4.74 Å². The molecule has 128 valence electrons. The van der Waals surface area contributed by atoms with Crippen LogP contribution in [0.2, 0.25) is 0 Å². The van der Waals surface area contributed by atoms with Crippen LogP contribution < -0.4 is 5.32 Å². The van der Waals surface area contributed by atoms with Crippen molar-refractivity contribution in [2.24, 2.45) is 5.92 Å². The summed E-state index contributed by atoms with van der Waals surface area (Å²) in [5.41, 5.74) is 0.664. The molecule has 0 aromatic heterocycles. The Morgan fingerprint density at radius 3 is 2.57 bits per heavy atom. The van der Waals surface area contributed by atoms with Crippen molar-refractivity contribution in [2.75, 3.05) is 25.0 Å². The fraction of sp³-hybridized carbons (Fsp3) is 0.588. The minimum Gasteiger partial charge on any atom is -0.444 e. The van der Waals surface area contributed by atoms with Gasteiger partial charge in [-0.1, -0.05) is 15.9 Å². The van der Waals surface area contributed by atoms with Gasteiger partial charge in [0.25, 0.3) is 0 Å². The molecular formula is C17H24Br2N2O2. The number of rotatable bonds is 3. The summed E-state index contributed by atoms with van der Waals surface area (Å²) in [7, 11) is 0. The SMILES string of the molecule is CC(C)(C)OC(=O)N1CCC(CNc2cc(Br)ccc2Br)CC1. The van der Waals surface area contributed by atoms with Gasteiger partial charge in [0.1, 0.15) is 5.60 Å². The third-order valence-corrected chi connectivity index (χ3v) is 4.96. The molecule has 0 aliphatic carbocycles. The molecule has 1 aliphatic heterocycles. The van der Waals surface area contributed by atoms with E-state index in [0.717, 1.165) is 47.1 Å². The van der Waals surface area contributed by atoms with Gasteiger partial charge in [-0.15, -0.1) is 0 Å². The van der Waals surface area contributed by atoms with E-state index in [1.165, 1.54) is 0 Å². The average molecular weight is 448 g/mol. The molecule has 0 bridgehead atoms. The molecule has 23 heavy (non-hydrogen) atoms. The normalized spacial score (nSPS) is 16.3. The van der Waals surface area contributed by atoms with E-state index in [1.54, 1.807) is 0 Å². The summed E-state index contributed by atoms with van der Waals surface area (Å²) in [5.74, 6) is 0.569. The summed E-state index contributed by atoms with van der Waals surface area (Å²) in [6, 6.07) is 6.10. The van der Waals surface area contributed by atoms with Crippen molar-refractivity contribution in [1.29, 1.82) is 0 Å². The molecule has 0 saturated carbocycles. The van der Waals surface area contributed by atoms with Crippen LogP contribution in [-0.4, -0.2) is 36.2 Å². The molecule has 1 heterocycles. The standard InChI is InChI=1S/C17H24Br2N2O2/c1-17(2,3)23-16(22)21-8-6-12(7-9-21)11-20-15-10-13(18)4-5-14(15)19/h4-5,10,12,20H,6-9,11H2,1-3H3. The van der Waals surface area contributed by atoms with E-state index in [9.17, 15) is 4.79 Å². The molecule has 1 aromatic carbocycles. The molecule has 1 N–H and O–H groups in total. The lowest BCUT2D eigenvalue weighted by molar-refractivity contribution is 0.0188. The number of carbonyl (C=O) groups excluding carboxylic acids is 1. The highest BCUT2D eigenvalue weighted by Crippen LogP contribution is 2.27. The number of carbonyl (C=O) groups is 1. The Balaban J connectivity index is 1.79. The minimum atomic E-state index is -0.428. The van der Waals surface area contributed by atoms with Gasteiger partial charge in [0.2, 0.25) is 0 Å². The molecule has 1 fully saturated rings. The van der Waals surface area contributed by atoms with E-state index in [0.29, 0.717) is 5.92 Å². The number of benzene rings is 1. The lowest BCUT2D eigenvalue weighted by Gasteiger charge is -2.33. The molecule has 0 radical (unpaired) electrons. The highest BCUT2D eigenvalue weighted by atomic mass is 79.9. The van der Waals surface area contributed by atoms with Crippen LogP contribution in [0.1, 0.15) is 33.6 Å².